The second-order valence-electron chi connectivity index (χ2n) is 11.3. The van der Waals surface area contributed by atoms with Crippen molar-refractivity contribution in [3.63, 3.8) is 0 Å². The van der Waals surface area contributed by atoms with Gasteiger partial charge in [-0.2, -0.15) is 0 Å². The summed E-state index contributed by atoms with van der Waals surface area (Å²) in [7, 11) is -2.85. The van der Waals surface area contributed by atoms with Crippen molar-refractivity contribution in [2.75, 3.05) is 24.2 Å². The molecule has 0 saturated carbocycles. The lowest BCUT2D eigenvalue weighted by Crippen LogP contribution is -2.35. The predicted molar refractivity (Wildman–Crippen MR) is 165 cm³/mol. The molecule has 3 atom stereocenters. The molecule has 0 radical (unpaired) electrons. The molecule has 47 heavy (non-hydrogen) atoms. The third kappa shape index (κ3) is 5.27. The highest BCUT2D eigenvalue weighted by atomic mass is 32.2. The molecule has 7 rings (SSSR count). The van der Waals surface area contributed by atoms with Crippen LogP contribution in [0.25, 0.3) is 33.7 Å². The highest BCUT2D eigenvalue weighted by Crippen LogP contribution is 2.48. The van der Waals surface area contributed by atoms with E-state index in [0.717, 1.165) is 6.26 Å². The second kappa shape index (κ2) is 11.4. The lowest BCUT2D eigenvalue weighted by Gasteiger charge is -2.25. The second-order valence-corrected chi connectivity index (χ2v) is 13.3. The summed E-state index contributed by atoms with van der Waals surface area (Å²) in [6.45, 7) is -1.13. The number of nitrogens with one attached hydrogen (secondary N) is 1. The van der Waals surface area contributed by atoms with Gasteiger partial charge in [-0.3, -0.25) is 9.10 Å². The fraction of sp³-hybridized carbons (Fsp3) is 0.281. The minimum absolute atomic E-state index is 0.0205. The molecule has 1 aliphatic carbocycles. The Labute approximate surface area is 266 Å². The Balaban J connectivity index is 1.44. The van der Waals surface area contributed by atoms with Gasteiger partial charge in [0.25, 0.3) is 6.43 Å². The van der Waals surface area contributed by atoms with Crippen molar-refractivity contribution in [3.8, 4) is 34.3 Å². The molecule has 0 saturated heterocycles. The number of anilines is 1. The van der Waals surface area contributed by atoms with Crippen LogP contribution in [0.3, 0.4) is 0 Å². The van der Waals surface area contributed by atoms with Crippen molar-refractivity contribution in [1.82, 2.24) is 19.9 Å². The molecule has 2 aromatic carbocycles. The van der Waals surface area contributed by atoms with E-state index in [2.05, 4.69) is 10.3 Å². The molecule has 3 aliphatic rings. The van der Waals surface area contributed by atoms with Crippen molar-refractivity contribution >= 4 is 32.5 Å². The summed E-state index contributed by atoms with van der Waals surface area (Å²) in [6.07, 6.45) is 1.56. The van der Waals surface area contributed by atoms with Gasteiger partial charge in [-0.15, -0.1) is 0 Å². The average Bonchev–Trinajstić information content (AvgIpc) is 3.62. The van der Waals surface area contributed by atoms with Gasteiger partial charge in [0.2, 0.25) is 15.9 Å². The highest BCUT2D eigenvalue weighted by Gasteiger charge is 2.43. The number of benzene rings is 2. The van der Waals surface area contributed by atoms with Crippen LogP contribution in [-0.2, 0) is 21.5 Å². The Morgan fingerprint density at radius 2 is 2.02 bits per heavy atom. The zero-order chi connectivity index (χ0) is 33.2. The van der Waals surface area contributed by atoms with Gasteiger partial charge in [-0.25, -0.2) is 35.9 Å². The van der Waals surface area contributed by atoms with E-state index >= 15 is 0 Å². The summed E-state index contributed by atoms with van der Waals surface area (Å²) in [5.74, 6) is -1.57. The van der Waals surface area contributed by atoms with Crippen LogP contribution in [0.4, 0.5) is 23.2 Å². The van der Waals surface area contributed by atoms with E-state index in [-0.39, 0.29) is 47.4 Å². The highest BCUT2D eigenvalue weighted by molar-refractivity contribution is 7.92. The number of likely N-dealkylation sites (N-methyl/N-ethyl adjacent to an activating group) is 1. The summed E-state index contributed by atoms with van der Waals surface area (Å²) < 4.78 is 96.6. The monoisotopic (exact) mass is 669 g/mol. The van der Waals surface area contributed by atoms with Gasteiger partial charge >= 0.3 is 0 Å². The molecule has 1 amide bonds. The van der Waals surface area contributed by atoms with Crippen molar-refractivity contribution in [3.05, 3.63) is 77.8 Å². The number of alkyl halides is 3. The van der Waals surface area contributed by atoms with Crippen LogP contribution < -0.4 is 19.1 Å². The maximum Gasteiger partial charge on any atom is 0.257 e. The van der Waals surface area contributed by atoms with Gasteiger partial charge in [0.15, 0.2) is 18.3 Å². The molecule has 15 heteroatoms. The normalized spacial score (nSPS) is 19.8. The molecule has 4 aromatic rings. The maximum atomic E-state index is 14.7. The standard InChI is InChI=1S/C32H27F4N5O5S/c1-37-32(42)28-20-10-19(31-38-13-26-29(39-31)24-11-18-21(34)4-3-5-22(18)40(24)15-45-26)23(41(14-27(35)36)47(2,43)44)12-25(20)46-30(28)16-6-8-17(33)9-7-16/h3-8,10-13,17,27-28,30H,9,14-15H2,1-2H3,(H,37,42). The first-order chi connectivity index (χ1) is 22.4. The van der Waals surface area contributed by atoms with E-state index in [1.54, 1.807) is 28.8 Å². The largest absolute Gasteiger partial charge is 0.484 e. The molecule has 244 valence electrons. The minimum atomic E-state index is -4.30. The van der Waals surface area contributed by atoms with Crippen molar-refractivity contribution in [2.45, 2.75) is 37.8 Å². The van der Waals surface area contributed by atoms with Crippen LogP contribution in [0.5, 0.6) is 11.5 Å². The number of carbonyl (C=O) groups excluding carboxylic acids is 1. The molecule has 0 fully saturated rings. The Kier molecular flexibility index (Phi) is 7.45. The zero-order valence-electron chi connectivity index (χ0n) is 25.0. The molecule has 0 spiro atoms. The van der Waals surface area contributed by atoms with Gasteiger partial charge in [0.1, 0.15) is 35.5 Å². The third-order valence-corrected chi connectivity index (χ3v) is 9.55. The van der Waals surface area contributed by atoms with E-state index in [4.69, 9.17) is 14.5 Å². The number of hydrogen-bond donors (Lipinski definition) is 1. The van der Waals surface area contributed by atoms with E-state index in [9.17, 15) is 30.8 Å². The number of amides is 1. The van der Waals surface area contributed by atoms with E-state index < -0.39 is 52.9 Å². The molecule has 2 aliphatic heterocycles. The Bertz CT molecular complexity index is 2120. The Morgan fingerprint density at radius 1 is 1.21 bits per heavy atom. The van der Waals surface area contributed by atoms with Crippen molar-refractivity contribution < 1.29 is 40.2 Å². The van der Waals surface area contributed by atoms with E-state index in [1.165, 1.54) is 43.6 Å². The molecule has 1 N–H and O–H groups in total. The number of rotatable bonds is 7. The maximum absolute atomic E-state index is 14.7. The summed E-state index contributed by atoms with van der Waals surface area (Å²) >= 11 is 0. The number of sulfonamides is 1. The summed E-state index contributed by atoms with van der Waals surface area (Å²) in [6, 6.07) is 8.97. The number of nitrogens with zero attached hydrogens (tertiary/aromatic N) is 4. The number of ether oxygens (including phenoxy) is 2. The van der Waals surface area contributed by atoms with Crippen LogP contribution in [0, 0.1) is 5.82 Å². The van der Waals surface area contributed by atoms with E-state index in [0.29, 0.717) is 32.0 Å². The molecule has 10 nitrogen and oxygen atoms in total. The first-order valence-electron chi connectivity index (χ1n) is 14.6. The van der Waals surface area contributed by atoms with Gasteiger partial charge in [-0.05, 0) is 35.9 Å². The van der Waals surface area contributed by atoms with Gasteiger partial charge in [0, 0.05) is 36.0 Å². The van der Waals surface area contributed by atoms with Crippen LogP contribution in [0.1, 0.15) is 17.9 Å². The van der Waals surface area contributed by atoms with Gasteiger partial charge < -0.3 is 19.4 Å². The molecule has 2 aromatic heterocycles. The first-order valence-corrected chi connectivity index (χ1v) is 16.4. The molecular weight excluding hydrogens is 642 g/mol. The number of halogens is 4. The number of fused-ring (bicyclic) bond motifs is 6. The lowest BCUT2D eigenvalue weighted by molar-refractivity contribution is -0.123. The molecule has 0 bridgehead atoms. The number of hydrogen-bond acceptors (Lipinski definition) is 7. The van der Waals surface area contributed by atoms with Crippen LogP contribution in [-0.4, -0.2) is 67.4 Å². The summed E-state index contributed by atoms with van der Waals surface area (Å²) in [5, 5.41) is 2.94. The third-order valence-electron chi connectivity index (χ3n) is 8.41. The van der Waals surface area contributed by atoms with Crippen LogP contribution in [0.15, 0.2) is 66.4 Å². The number of allylic oxidation sites excluding steroid dienone is 2. The summed E-state index contributed by atoms with van der Waals surface area (Å²) in [5.41, 5.74) is 1.99. The smallest absolute Gasteiger partial charge is 0.257 e. The van der Waals surface area contributed by atoms with E-state index in [1.807, 2.05) is 0 Å². The summed E-state index contributed by atoms with van der Waals surface area (Å²) in [4.78, 5) is 22.4. The predicted octanol–water partition coefficient (Wildman–Crippen LogP) is 5.10. The Hall–Kier alpha value is -4.92. The topological polar surface area (TPSA) is 116 Å². The molecule has 4 heterocycles. The number of carbonyl (C=O) groups is 1. The zero-order valence-corrected chi connectivity index (χ0v) is 25.8. The van der Waals surface area contributed by atoms with Crippen LogP contribution >= 0.6 is 0 Å². The minimum Gasteiger partial charge on any atom is -0.484 e. The average molecular weight is 670 g/mol. The molecule has 3 unspecified atom stereocenters. The van der Waals surface area contributed by atoms with Crippen molar-refractivity contribution in [1.29, 1.82) is 0 Å². The number of aromatic nitrogens is 3. The Morgan fingerprint density at radius 3 is 2.72 bits per heavy atom. The van der Waals surface area contributed by atoms with Crippen LogP contribution in [0.2, 0.25) is 0 Å². The fourth-order valence-corrected chi connectivity index (χ4v) is 7.14. The lowest BCUT2D eigenvalue weighted by atomic mass is 9.87. The van der Waals surface area contributed by atoms with Gasteiger partial charge in [0.05, 0.1) is 35.9 Å². The van der Waals surface area contributed by atoms with Gasteiger partial charge in [-0.1, -0.05) is 18.2 Å². The quantitative estimate of drug-likeness (QED) is 0.273. The van der Waals surface area contributed by atoms with Crippen molar-refractivity contribution in [2.24, 2.45) is 0 Å². The SMILES string of the molecule is CNC(=O)C1c2cc(-c3ncc4c(n3)-c3cc5c(F)cccc5n3CO4)c(N(CC(F)F)S(C)(=O)=O)cc2OC1C1=CCC(F)C=C1. The molecular formula is C32H27F4N5O5S. The first kappa shape index (κ1) is 30.7. The fourth-order valence-electron chi connectivity index (χ4n) is 6.25.